The Labute approximate surface area is 120 Å². The first-order valence-corrected chi connectivity index (χ1v) is 7.19. The lowest BCUT2D eigenvalue weighted by Crippen LogP contribution is -2.28. The van der Waals surface area contributed by atoms with Gasteiger partial charge in [0.1, 0.15) is 4.88 Å². The molecule has 1 aromatic carbocycles. The second-order valence-corrected chi connectivity index (χ2v) is 5.79. The lowest BCUT2D eigenvalue weighted by molar-refractivity contribution is -0.118. The number of hydrogen-bond donors (Lipinski definition) is 2. The number of nitrogens with one attached hydrogen (secondary N) is 1. The van der Waals surface area contributed by atoms with Gasteiger partial charge in [0.15, 0.2) is 0 Å². The third kappa shape index (κ3) is 2.10. The monoisotopic (exact) mass is 287 g/mol. The van der Waals surface area contributed by atoms with Crippen LogP contribution in [0.2, 0.25) is 0 Å². The first kappa shape index (κ1) is 12.9. The number of rotatable bonds is 4. The molecule has 2 aromatic rings. The van der Waals surface area contributed by atoms with Gasteiger partial charge in [-0.3, -0.25) is 4.79 Å². The Balaban J connectivity index is 1.84. The zero-order valence-corrected chi connectivity index (χ0v) is 11.4. The molecule has 3 rings (SSSR count). The summed E-state index contributed by atoms with van der Waals surface area (Å²) < 4.78 is 0. The Morgan fingerprint density at radius 2 is 1.85 bits per heavy atom. The molecular weight excluding hydrogens is 274 g/mol. The van der Waals surface area contributed by atoms with Gasteiger partial charge in [-0.05, 0) is 29.9 Å². The van der Waals surface area contributed by atoms with Gasteiger partial charge in [-0.1, -0.05) is 30.3 Å². The minimum atomic E-state index is -1.01. The summed E-state index contributed by atoms with van der Waals surface area (Å²) in [6.07, 6.45) is 1.60. The molecule has 0 saturated heterocycles. The van der Waals surface area contributed by atoms with E-state index in [0.717, 1.165) is 29.7 Å². The summed E-state index contributed by atoms with van der Waals surface area (Å²) in [4.78, 5) is 23.7. The summed E-state index contributed by atoms with van der Waals surface area (Å²) in [6.45, 7) is 0. The molecule has 1 amide bonds. The molecule has 1 aromatic heterocycles. The Hall–Kier alpha value is -2.14. The maximum absolute atomic E-state index is 12.5. The molecule has 102 valence electrons. The van der Waals surface area contributed by atoms with Gasteiger partial charge in [0.05, 0.1) is 11.1 Å². The minimum absolute atomic E-state index is 0.121. The smallest absolute Gasteiger partial charge is 0.348 e. The van der Waals surface area contributed by atoms with E-state index >= 15 is 0 Å². The minimum Gasteiger partial charge on any atom is -0.477 e. The molecule has 1 saturated carbocycles. The van der Waals surface area contributed by atoms with E-state index in [2.05, 4.69) is 5.32 Å². The van der Waals surface area contributed by atoms with Gasteiger partial charge in [0.2, 0.25) is 5.91 Å². The van der Waals surface area contributed by atoms with Gasteiger partial charge in [-0.15, -0.1) is 11.3 Å². The Morgan fingerprint density at radius 3 is 2.45 bits per heavy atom. The Bertz CT molecular complexity index is 659. The van der Waals surface area contributed by atoms with E-state index < -0.39 is 11.4 Å². The fourth-order valence-corrected chi connectivity index (χ4v) is 3.03. The number of carboxylic acids is 1. The van der Waals surface area contributed by atoms with E-state index in [1.807, 2.05) is 30.3 Å². The van der Waals surface area contributed by atoms with Gasteiger partial charge in [-0.25, -0.2) is 4.79 Å². The molecule has 0 spiro atoms. The molecule has 2 N–H and O–H groups in total. The van der Waals surface area contributed by atoms with E-state index in [1.165, 1.54) is 0 Å². The van der Waals surface area contributed by atoms with Crippen LogP contribution >= 0.6 is 11.3 Å². The molecule has 0 radical (unpaired) electrons. The van der Waals surface area contributed by atoms with Gasteiger partial charge >= 0.3 is 5.97 Å². The normalized spacial score (nSPS) is 15.6. The highest BCUT2D eigenvalue weighted by atomic mass is 32.1. The van der Waals surface area contributed by atoms with Crippen molar-refractivity contribution >= 4 is 28.9 Å². The van der Waals surface area contributed by atoms with Crippen molar-refractivity contribution in [3.8, 4) is 0 Å². The number of anilines is 1. The average molecular weight is 287 g/mol. The van der Waals surface area contributed by atoms with Crippen LogP contribution in [0.15, 0.2) is 41.8 Å². The van der Waals surface area contributed by atoms with E-state index in [0.29, 0.717) is 5.69 Å². The summed E-state index contributed by atoms with van der Waals surface area (Å²) in [5.41, 5.74) is 0.887. The van der Waals surface area contributed by atoms with Crippen molar-refractivity contribution in [1.82, 2.24) is 0 Å². The standard InChI is InChI=1S/C15H13NO3S/c17-13(18)12-11(6-9-20-12)16-14(19)15(7-8-15)10-4-2-1-3-5-10/h1-6,9H,7-8H2,(H,16,19)(H,17,18). The zero-order chi connectivity index (χ0) is 14.2. The largest absolute Gasteiger partial charge is 0.477 e. The van der Waals surface area contributed by atoms with Crippen LogP contribution in [-0.2, 0) is 10.2 Å². The van der Waals surface area contributed by atoms with Crippen molar-refractivity contribution in [1.29, 1.82) is 0 Å². The third-order valence-electron chi connectivity index (χ3n) is 3.62. The number of hydrogen-bond acceptors (Lipinski definition) is 3. The maximum atomic E-state index is 12.5. The van der Waals surface area contributed by atoms with Crippen LogP contribution in [0, 0.1) is 0 Å². The summed E-state index contributed by atoms with van der Waals surface area (Å²) >= 11 is 1.11. The summed E-state index contributed by atoms with van der Waals surface area (Å²) in [5, 5.41) is 13.5. The third-order valence-corrected chi connectivity index (χ3v) is 4.52. The van der Waals surface area contributed by atoms with E-state index in [4.69, 9.17) is 5.11 Å². The van der Waals surface area contributed by atoms with Crippen molar-refractivity contribution in [3.05, 3.63) is 52.2 Å². The number of aromatic carboxylic acids is 1. The van der Waals surface area contributed by atoms with Crippen LogP contribution in [0.25, 0.3) is 0 Å². The first-order chi connectivity index (χ1) is 9.63. The average Bonchev–Trinajstić information content (AvgIpc) is 3.14. The topological polar surface area (TPSA) is 66.4 Å². The Morgan fingerprint density at radius 1 is 1.15 bits per heavy atom. The van der Waals surface area contributed by atoms with E-state index in [9.17, 15) is 9.59 Å². The van der Waals surface area contributed by atoms with Gasteiger partial charge < -0.3 is 10.4 Å². The molecule has 0 aliphatic heterocycles. The van der Waals surface area contributed by atoms with Crippen LogP contribution < -0.4 is 5.32 Å². The zero-order valence-electron chi connectivity index (χ0n) is 10.6. The molecule has 5 heteroatoms. The quantitative estimate of drug-likeness (QED) is 0.908. The molecule has 1 aliphatic carbocycles. The number of thiophene rings is 1. The highest BCUT2D eigenvalue weighted by Crippen LogP contribution is 2.49. The molecule has 20 heavy (non-hydrogen) atoms. The molecule has 1 heterocycles. The first-order valence-electron chi connectivity index (χ1n) is 6.31. The molecule has 1 aliphatic rings. The van der Waals surface area contributed by atoms with Crippen LogP contribution in [0.5, 0.6) is 0 Å². The summed E-state index contributed by atoms with van der Waals surface area (Å²) in [5.74, 6) is -1.13. The van der Waals surface area contributed by atoms with Crippen molar-refractivity contribution < 1.29 is 14.7 Å². The van der Waals surface area contributed by atoms with Crippen LogP contribution in [0.4, 0.5) is 5.69 Å². The van der Waals surface area contributed by atoms with Gasteiger partial charge in [0, 0.05) is 0 Å². The fraction of sp³-hybridized carbons (Fsp3) is 0.200. The SMILES string of the molecule is O=C(O)c1sccc1NC(=O)C1(c2ccccc2)CC1. The van der Waals surface area contributed by atoms with Gasteiger partial charge in [-0.2, -0.15) is 0 Å². The van der Waals surface area contributed by atoms with E-state index in [-0.39, 0.29) is 10.8 Å². The highest BCUT2D eigenvalue weighted by molar-refractivity contribution is 7.12. The van der Waals surface area contributed by atoms with Gasteiger partial charge in [0.25, 0.3) is 0 Å². The van der Waals surface area contributed by atoms with Crippen molar-refractivity contribution in [2.24, 2.45) is 0 Å². The van der Waals surface area contributed by atoms with Crippen molar-refractivity contribution in [3.63, 3.8) is 0 Å². The Kier molecular flexibility index (Phi) is 3.06. The van der Waals surface area contributed by atoms with Crippen molar-refractivity contribution in [2.75, 3.05) is 5.32 Å². The lowest BCUT2D eigenvalue weighted by atomic mass is 9.95. The predicted molar refractivity (Wildman–Crippen MR) is 77.3 cm³/mol. The second-order valence-electron chi connectivity index (χ2n) is 4.87. The van der Waals surface area contributed by atoms with Crippen LogP contribution in [0.1, 0.15) is 28.1 Å². The lowest BCUT2D eigenvalue weighted by Gasteiger charge is -2.15. The summed E-state index contributed by atoms with van der Waals surface area (Å²) in [7, 11) is 0. The fourth-order valence-electron chi connectivity index (χ4n) is 2.34. The van der Waals surface area contributed by atoms with Crippen LogP contribution in [-0.4, -0.2) is 17.0 Å². The maximum Gasteiger partial charge on any atom is 0.348 e. The highest BCUT2D eigenvalue weighted by Gasteiger charge is 2.51. The molecular formula is C15H13NO3S. The summed E-state index contributed by atoms with van der Waals surface area (Å²) in [6, 6.07) is 11.3. The predicted octanol–water partition coefficient (Wildman–Crippen LogP) is 3.12. The number of amides is 1. The van der Waals surface area contributed by atoms with Crippen LogP contribution in [0.3, 0.4) is 0 Å². The molecule has 1 fully saturated rings. The number of carboxylic acid groups (broad SMARTS) is 1. The number of carbonyl (C=O) groups excluding carboxylic acids is 1. The molecule has 4 nitrogen and oxygen atoms in total. The second kappa shape index (κ2) is 4.76. The van der Waals surface area contributed by atoms with Crippen molar-refractivity contribution in [2.45, 2.75) is 18.3 Å². The molecule has 0 bridgehead atoms. The number of benzene rings is 1. The molecule has 0 atom stereocenters. The molecule has 0 unspecified atom stereocenters. The number of carbonyl (C=O) groups is 2. The van der Waals surface area contributed by atoms with E-state index in [1.54, 1.807) is 11.4 Å².